The summed E-state index contributed by atoms with van der Waals surface area (Å²) in [6, 6.07) is 5.77. The molecule has 1 aliphatic carbocycles. The fraction of sp³-hybridized carbons (Fsp3) is 0.333. The van der Waals surface area contributed by atoms with Crippen LogP contribution in [0.5, 0.6) is 0 Å². The van der Waals surface area contributed by atoms with Crippen LogP contribution in [0.15, 0.2) is 22.7 Å². The second-order valence-corrected chi connectivity index (χ2v) is 7.14. The van der Waals surface area contributed by atoms with Crippen molar-refractivity contribution in [3.63, 3.8) is 0 Å². The third-order valence-corrected chi connectivity index (χ3v) is 5.87. The summed E-state index contributed by atoms with van der Waals surface area (Å²) < 4.78 is 5.99. The summed E-state index contributed by atoms with van der Waals surface area (Å²) in [7, 11) is 0. The van der Waals surface area contributed by atoms with Crippen molar-refractivity contribution in [2.75, 3.05) is 6.61 Å². The molecule has 0 fully saturated rings. The van der Waals surface area contributed by atoms with Crippen molar-refractivity contribution in [2.24, 2.45) is 0 Å². The Bertz CT molecular complexity index is 701. The van der Waals surface area contributed by atoms with Gasteiger partial charge >= 0.3 is 5.97 Å². The predicted octanol–water partition coefficient (Wildman–Crippen LogP) is 4.82. The van der Waals surface area contributed by atoms with E-state index in [0.717, 1.165) is 33.6 Å². The Kier molecular flexibility index (Phi) is 4.33. The number of rotatable bonds is 3. The normalized spacial score (nSPS) is 16.8. The van der Waals surface area contributed by atoms with Crippen molar-refractivity contribution in [1.82, 2.24) is 4.98 Å². The zero-order chi connectivity index (χ0) is 15.0. The Morgan fingerprint density at radius 3 is 3.10 bits per heavy atom. The standard InChI is InChI=1S/C15H13BrClNO2S/c1-2-20-15(19)9-4-6-12-13(9)18-14(21-12)8-3-5-10(16)11(17)7-8/h3,5,7,9H,2,4,6H2,1H3. The van der Waals surface area contributed by atoms with Gasteiger partial charge in [-0.1, -0.05) is 17.7 Å². The fourth-order valence-electron chi connectivity index (χ4n) is 2.45. The zero-order valence-corrected chi connectivity index (χ0v) is 14.5. The molecule has 0 bridgehead atoms. The summed E-state index contributed by atoms with van der Waals surface area (Å²) in [6.07, 6.45) is 1.69. The number of hydrogen-bond acceptors (Lipinski definition) is 4. The molecule has 3 rings (SSSR count). The van der Waals surface area contributed by atoms with E-state index in [1.807, 2.05) is 25.1 Å². The van der Waals surface area contributed by atoms with E-state index in [4.69, 9.17) is 16.3 Å². The van der Waals surface area contributed by atoms with E-state index < -0.39 is 0 Å². The smallest absolute Gasteiger partial charge is 0.315 e. The van der Waals surface area contributed by atoms with Crippen molar-refractivity contribution in [3.05, 3.63) is 38.3 Å². The lowest BCUT2D eigenvalue weighted by molar-refractivity contribution is -0.145. The summed E-state index contributed by atoms with van der Waals surface area (Å²) in [5.41, 5.74) is 1.86. The second-order valence-electron chi connectivity index (χ2n) is 4.80. The number of halogens is 2. The van der Waals surface area contributed by atoms with Gasteiger partial charge in [0.15, 0.2) is 0 Å². The van der Waals surface area contributed by atoms with Gasteiger partial charge in [0.2, 0.25) is 0 Å². The molecule has 0 spiro atoms. The van der Waals surface area contributed by atoms with Crippen LogP contribution in [0.3, 0.4) is 0 Å². The molecule has 0 saturated heterocycles. The van der Waals surface area contributed by atoms with Crippen LogP contribution in [0.4, 0.5) is 0 Å². The molecule has 1 aliphatic rings. The maximum atomic E-state index is 12.0. The van der Waals surface area contributed by atoms with E-state index in [0.29, 0.717) is 11.6 Å². The van der Waals surface area contributed by atoms with Crippen molar-refractivity contribution >= 4 is 44.8 Å². The van der Waals surface area contributed by atoms with Crippen LogP contribution in [-0.4, -0.2) is 17.6 Å². The summed E-state index contributed by atoms with van der Waals surface area (Å²) >= 11 is 11.2. The van der Waals surface area contributed by atoms with E-state index in [1.54, 1.807) is 11.3 Å². The molecule has 1 aromatic heterocycles. The van der Waals surface area contributed by atoms with Crippen LogP contribution in [0.25, 0.3) is 10.6 Å². The average Bonchev–Trinajstić information content (AvgIpc) is 3.01. The topological polar surface area (TPSA) is 39.2 Å². The molecule has 0 radical (unpaired) electrons. The number of esters is 1. The molecular formula is C15H13BrClNO2S. The summed E-state index contributed by atoms with van der Waals surface area (Å²) in [5.74, 6) is -0.377. The van der Waals surface area contributed by atoms with Crippen LogP contribution in [-0.2, 0) is 16.0 Å². The van der Waals surface area contributed by atoms with Crippen LogP contribution >= 0.6 is 38.9 Å². The highest BCUT2D eigenvalue weighted by Gasteiger charge is 2.33. The highest BCUT2D eigenvalue weighted by Crippen LogP contribution is 2.41. The van der Waals surface area contributed by atoms with Gasteiger partial charge in [0.1, 0.15) is 10.9 Å². The number of ether oxygens (including phenoxy) is 1. The summed E-state index contributed by atoms with van der Waals surface area (Å²) in [5, 5.41) is 1.56. The lowest BCUT2D eigenvalue weighted by atomic mass is 10.1. The van der Waals surface area contributed by atoms with Crippen molar-refractivity contribution in [1.29, 1.82) is 0 Å². The largest absolute Gasteiger partial charge is 0.465 e. The molecule has 3 nitrogen and oxygen atoms in total. The molecule has 1 unspecified atom stereocenters. The van der Waals surface area contributed by atoms with Gasteiger partial charge in [0.05, 0.1) is 17.3 Å². The zero-order valence-electron chi connectivity index (χ0n) is 11.4. The van der Waals surface area contributed by atoms with Crippen molar-refractivity contribution in [2.45, 2.75) is 25.7 Å². The second kappa shape index (κ2) is 6.07. The van der Waals surface area contributed by atoms with E-state index in [-0.39, 0.29) is 11.9 Å². The Labute approximate surface area is 140 Å². The van der Waals surface area contributed by atoms with Crippen LogP contribution in [0.2, 0.25) is 5.02 Å². The molecule has 2 aromatic rings. The number of thiazole rings is 1. The quantitative estimate of drug-likeness (QED) is 0.710. The predicted molar refractivity (Wildman–Crippen MR) is 88.0 cm³/mol. The first-order valence-electron chi connectivity index (χ1n) is 6.71. The molecule has 1 heterocycles. The molecule has 21 heavy (non-hydrogen) atoms. The first-order valence-corrected chi connectivity index (χ1v) is 8.70. The van der Waals surface area contributed by atoms with Gasteiger partial charge < -0.3 is 4.74 Å². The maximum absolute atomic E-state index is 12.0. The number of aromatic nitrogens is 1. The fourth-order valence-corrected chi connectivity index (χ4v) is 4.01. The van der Waals surface area contributed by atoms with Gasteiger partial charge in [-0.3, -0.25) is 4.79 Å². The lowest BCUT2D eigenvalue weighted by Crippen LogP contribution is -2.14. The summed E-state index contributed by atoms with van der Waals surface area (Å²) in [6.45, 7) is 2.23. The third-order valence-electron chi connectivity index (χ3n) is 3.46. The van der Waals surface area contributed by atoms with Gasteiger partial charge in [-0.2, -0.15) is 0 Å². The van der Waals surface area contributed by atoms with E-state index >= 15 is 0 Å². The van der Waals surface area contributed by atoms with Gasteiger partial charge in [-0.15, -0.1) is 11.3 Å². The number of fused-ring (bicyclic) bond motifs is 1. The van der Waals surface area contributed by atoms with Gasteiger partial charge in [-0.25, -0.2) is 4.98 Å². The molecule has 1 atom stereocenters. The molecule has 1 aromatic carbocycles. The highest BCUT2D eigenvalue weighted by atomic mass is 79.9. The minimum Gasteiger partial charge on any atom is -0.465 e. The molecule has 0 N–H and O–H groups in total. The molecule has 0 aliphatic heterocycles. The van der Waals surface area contributed by atoms with Crippen molar-refractivity contribution < 1.29 is 9.53 Å². The molecule has 6 heteroatoms. The van der Waals surface area contributed by atoms with Crippen LogP contribution in [0, 0.1) is 0 Å². The number of carbonyl (C=O) groups is 1. The van der Waals surface area contributed by atoms with Gasteiger partial charge in [0.25, 0.3) is 0 Å². The van der Waals surface area contributed by atoms with Crippen molar-refractivity contribution in [3.8, 4) is 10.6 Å². The Hall–Kier alpha value is -0.910. The molecular weight excluding hydrogens is 374 g/mol. The van der Waals surface area contributed by atoms with E-state index in [1.165, 1.54) is 4.88 Å². The minimum atomic E-state index is -0.212. The molecule has 0 amide bonds. The molecule has 110 valence electrons. The maximum Gasteiger partial charge on any atom is 0.315 e. The van der Waals surface area contributed by atoms with E-state index in [9.17, 15) is 4.79 Å². The lowest BCUT2D eigenvalue weighted by Gasteiger charge is -2.07. The van der Waals surface area contributed by atoms with E-state index in [2.05, 4.69) is 20.9 Å². The number of aryl methyl sites for hydroxylation is 1. The number of carbonyl (C=O) groups excluding carboxylic acids is 1. The number of nitrogens with zero attached hydrogens (tertiary/aromatic N) is 1. The first kappa shape index (κ1) is 15.0. The summed E-state index contributed by atoms with van der Waals surface area (Å²) in [4.78, 5) is 17.8. The van der Waals surface area contributed by atoms with Crippen LogP contribution < -0.4 is 0 Å². The third kappa shape index (κ3) is 2.87. The number of hydrogen-bond donors (Lipinski definition) is 0. The molecule has 0 saturated carbocycles. The Morgan fingerprint density at radius 1 is 1.57 bits per heavy atom. The minimum absolute atomic E-state index is 0.165. The number of benzene rings is 1. The SMILES string of the molecule is CCOC(=O)C1CCc2sc(-c3ccc(Br)c(Cl)c3)nc21. The van der Waals surface area contributed by atoms with Gasteiger partial charge in [-0.05, 0) is 47.8 Å². The highest BCUT2D eigenvalue weighted by molar-refractivity contribution is 9.10. The Balaban J connectivity index is 1.92. The Morgan fingerprint density at radius 2 is 2.38 bits per heavy atom. The van der Waals surface area contributed by atoms with Gasteiger partial charge in [0, 0.05) is 14.9 Å². The first-order chi connectivity index (χ1) is 10.1. The monoisotopic (exact) mass is 385 g/mol. The van der Waals surface area contributed by atoms with Crippen LogP contribution in [0.1, 0.15) is 29.8 Å². The average molecular weight is 387 g/mol.